The van der Waals surface area contributed by atoms with Crippen molar-refractivity contribution in [2.75, 3.05) is 12.4 Å². The third-order valence-corrected chi connectivity index (χ3v) is 4.91. The molecule has 0 aliphatic carbocycles. The Balaban J connectivity index is 1.40. The molecule has 1 unspecified atom stereocenters. The highest BCUT2D eigenvalue weighted by molar-refractivity contribution is 7.99. The fraction of sp³-hybridized carbons (Fsp3) is 0.250. The zero-order valence-electron chi connectivity index (χ0n) is 12.4. The van der Waals surface area contributed by atoms with Gasteiger partial charge in [0.2, 0.25) is 5.16 Å². The first-order valence-electron chi connectivity index (χ1n) is 7.20. The molecule has 23 heavy (non-hydrogen) atoms. The normalized spacial score (nSPS) is 12.4. The zero-order chi connectivity index (χ0) is 15.9. The topological polar surface area (TPSA) is 71.0 Å². The lowest BCUT2D eigenvalue weighted by molar-refractivity contribution is 0.0398. The molecule has 1 aromatic carbocycles. The molecule has 2 N–H and O–H groups in total. The van der Waals surface area contributed by atoms with E-state index >= 15 is 0 Å². The number of aliphatic hydroxyl groups excluding tert-OH is 1. The number of benzene rings is 1. The van der Waals surface area contributed by atoms with Gasteiger partial charge in [0.1, 0.15) is 0 Å². The maximum absolute atomic E-state index is 9.97. The quantitative estimate of drug-likeness (QED) is 0.612. The molecule has 0 radical (unpaired) electrons. The van der Waals surface area contributed by atoms with E-state index in [2.05, 4.69) is 15.2 Å². The number of thioether (sulfide) groups is 1. The predicted molar refractivity (Wildman–Crippen MR) is 92.5 cm³/mol. The highest BCUT2D eigenvalue weighted by atomic mass is 32.2. The van der Waals surface area contributed by atoms with Crippen LogP contribution in [0, 0.1) is 0 Å². The van der Waals surface area contributed by atoms with E-state index in [1.165, 1.54) is 11.8 Å². The van der Waals surface area contributed by atoms with Crippen LogP contribution in [0.25, 0.3) is 10.7 Å². The molecule has 7 heteroatoms. The number of aromatic nitrogens is 3. The van der Waals surface area contributed by atoms with Crippen LogP contribution in [0.3, 0.4) is 0 Å². The van der Waals surface area contributed by atoms with E-state index in [0.717, 1.165) is 16.3 Å². The van der Waals surface area contributed by atoms with Crippen molar-refractivity contribution in [1.82, 2.24) is 15.2 Å². The Morgan fingerprint density at radius 3 is 2.87 bits per heavy atom. The van der Waals surface area contributed by atoms with Crippen molar-refractivity contribution in [3.05, 3.63) is 53.4 Å². The summed E-state index contributed by atoms with van der Waals surface area (Å²) in [7, 11) is 0. The summed E-state index contributed by atoms with van der Waals surface area (Å²) >= 11 is 3.02. The second kappa shape index (κ2) is 8.26. The molecule has 120 valence electrons. The van der Waals surface area contributed by atoms with Gasteiger partial charge in [-0.25, -0.2) is 4.98 Å². The maximum Gasteiger partial charge on any atom is 0.208 e. The summed E-state index contributed by atoms with van der Waals surface area (Å²) < 4.78 is 5.52. The molecular formula is C16H17N3O2S2. The van der Waals surface area contributed by atoms with Crippen molar-refractivity contribution in [2.24, 2.45) is 0 Å². The van der Waals surface area contributed by atoms with Gasteiger partial charge in [-0.1, -0.05) is 48.2 Å². The van der Waals surface area contributed by atoms with Crippen molar-refractivity contribution in [3.63, 3.8) is 0 Å². The third kappa shape index (κ3) is 4.90. The van der Waals surface area contributed by atoms with Crippen LogP contribution in [0.5, 0.6) is 0 Å². The van der Waals surface area contributed by atoms with Gasteiger partial charge in [-0.3, -0.25) is 5.10 Å². The molecule has 0 aliphatic heterocycles. The van der Waals surface area contributed by atoms with Crippen LogP contribution in [0.4, 0.5) is 0 Å². The number of H-pyrrole nitrogens is 1. The monoisotopic (exact) mass is 347 g/mol. The van der Waals surface area contributed by atoms with E-state index in [9.17, 15) is 5.11 Å². The molecule has 3 aromatic rings. The SMILES string of the molecule is OC(COCc1ccccc1)CSc1n[nH]c(-c2cccs2)n1. The van der Waals surface area contributed by atoms with E-state index in [1.807, 2.05) is 47.8 Å². The number of ether oxygens (including phenoxy) is 1. The highest BCUT2D eigenvalue weighted by Crippen LogP contribution is 2.23. The number of aromatic amines is 1. The average Bonchev–Trinajstić information content (AvgIpc) is 3.25. The summed E-state index contributed by atoms with van der Waals surface area (Å²) in [6, 6.07) is 13.9. The molecule has 0 saturated heterocycles. The largest absolute Gasteiger partial charge is 0.390 e. The summed E-state index contributed by atoms with van der Waals surface area (Å²) in [6.07, 6.45) is -0.549. The minimum Gasteiger partial charge on any atom is -0.390 e. The summed E-state index contributed by atoms with van der Waals surface area (Å²) in [4.78, 5) is 5.46. The van der Waals surface area contributed by atoms with Crippen LogP contribution >= 0.6 is 23.1 Å². The predicted octanol–water partition coefficient (Wildman–Crippen LogP) is 3.20. The first kappa shape index (κ1) is 16.2. The fourth-order valence-electron chi connectivity index (χ4n) is 1.94. The van der Waals surface area contributed by atoms with Crippen molar-refractivity contribution < 1.29 is 9.84 Å². The molecule has 0 saturated carbocycles. The molecule has 0 amide bonds. The molecule has 0 fully saturated rings. The molecule has 0 aliphatic rings. The van der Waals surface area contributed by atoms with Gasteiger partial charge >= 0.3 is 0 Å². The standard InChI is InChI=1S/C16H17N3O2S2/c20-13(10-21-9-12-5-2-1-3-6-12)11-23-16-17-15(18-19-16)14-7-4-8-22-14/h1-8,13,20H,9-11H2,(H,17,18,19). The third-order valence-electron chi connectivity index (χ3n) is 3.05. The molecule has 2 heterocycles. The van der Waals surface area contributed by atoms with Crippen molar-refractivity contribution in [3.8, 4) is 10.7 Å². The Labute approximate surface area is 142 Å². The van der Waals surface area contributed by atoms with Gasteiger partial charge in [-0.2, -0.15) is 0 Å². The summed E-state index contributed by atoms with van der Waals surface area (Å²) in [6.45, 7) is 0.801. The maximum atomic E-state index is 9.97. The second-order valence-electron chi connectivity index (χ2n) is 4.91. The van der Waals surface area contributed by atoms with Gasteiger partial charge in [0.15, 0.2) is 5.82 Å². The minimum atomic E-state index is -0.549. The van der Waals surface area contributed by atoms with Crippen LogP contribution in [0.15, 0.2) is 53.0 Å². The fourth-order valence-corrected chi connectivity index (χ4v) is 3.31. The smallest absolute Gasteiger partial charge is 0.208 e. The number of rotatable bonds is 8. The molecular weight excluding hydrogens is 330 g/mol. The van der Waals surface area contributed by atoms with Crippen molar-refractivity contribution in [2.45, 2.75) is 17.9 Å². The summed E-state index contributed by atoms with van der Waals surface area (Å²) in [5, 5.41) is 19.7. The lowest BCUT2D eigenvalue weighted by Crippen LogP contribution is -2.18. The number of hydrogen-bond acceptors (Lipinski definition) is 6. The molecule has 5 nitrogen and oxygen atoms in total. The van der Waals surface area contributed by atoms with E-state index in [1.54, 1.807) is 11.3 Å². The number of aliphatic hydroxyl groups is 1. The summed E-state index contributed by atoms with van der Waals surface area (Å²) in [5.41, 5.74) is 1.10. The second-order valence-corrected chi connectivity index (χ2v) is 6.84. The van der Waals surface area contributed by atoms with Gasteiger partial charge in [0, 0.05) is 5.75 Å². The lowest BCUT2D eigenvalue weighted by atomic mass is 10.2. The van der Waals surface area contributed by atoms with Gasteiger partial charge < -0.3 is 9.84 Å². The Bertz CT molecular complexity index is 701. The minimum absolute atomic E-state index is 0.296. The molecule has 2 aromatic heterocycles. The van der Waals surface area contributed by atoms with Crippen LogP contribution in [0.2, 0.25) is 0 Å². The van der Waals surface area contributed by atoms with E-state index in [4.69, 9.17) is 4.74 Å². The number of nitrogens with zero attached hydrogens (tertiary/aromatic N) is 2. The van der Waals surface area contributed by atoms with Crippen LogP contribution < -0.4 is 0 Å². The number of thiophene rings is 1. The first-order chi connectivity index (χ1) is 11.3. The summed E-state index contributed by atoms with van der Waals surface area (Å²) in [5.74, 6) is 1.26. The Morgan fingerprint density at radius 2 is 2.09 bits per heavy atom. The average molecular weight is 347 g/mol. The van der Waals surface area contributed by atoms with E-state index in [-0.39, 0.29) is 0 Å². The van der Waals surface area contributed by atoms with E-state index < -0.39 is 6.10 Å². The number of nitrogens with one attached hydrogen (secondary N) is 1. The highest BCUT2D eigenvalue weighted by Gasteiger charge is 2.10. The first-order valence-corrected chi connectivity index (χ1v) is 9.06. The van der Waals surface area contributed by atoms with Crippen LogP contribution in [-0.4, -0.2) is 38.8 Å². The Kier molecular flexibility index (Phi) is 5.82. The molecule has 3 rings (SSSR count). The van der Waals surface area contributed by atoms with Gasteiger partial charge in [0.05, 0.1) is 24.2 Å². The van der Waals surface area contributed by atoms with E-state index in [0.29, 0.717) is 24.1 Å². The molecule has 0 bridgehead atoms. The number of hydrogen-bond donors (Lipinski definition) is 2. The van der Waals surface area contributed by atoms with Gasteiger partial charge in [-0.05, 0) is 17.0 Å². The van der Waals surface area contributed by atoms with Gasteiger partial charge in [0.25, 0.3) is 0 Å². The van der Waals surface area contributed by atoms with Crippen LogP contribution in [0.1, 0.15) is 5.56 Å². The molecule has 1 atom stereocenters. The van der Waals surface area contributed by atoms with Crippen molar-refractivity contribution in [1.29, 1.82) is 0 Å². The van der Waals surface area contributed by atoms with Crippen molar-refractivity contribution >= 4 is 23.1 Å². The zero-order valence-corrected chi connectivity index (χ0v) is 14.0. The Morgan fingerprint density at radius 1 is 1.22 bits per heavy atom. The lowest BCUT2D eigenvalue weighted by Gasteiger charge is -2.09. The van der Waals surface area contributed by atoms with Crippen LogP contribution in [-0.2, 0) is 11.3 Å². The molecule has 0 spiro atoms. The van der Waals surface area contributed by atoms with Gasteiger partial charge in [-0.15, -0.1) is 16.4 Å². The Hall–Kier alpha value is -1.67.